The standard InChI is InChI=1S/C18H32N2O2/c1-17(2,3)14-9-10-20(16(14)18(4,5)6)15(22)11-13(21)12-19(7)8/h9-12H2,1-8H3. The zero-order chi connectivity index (χ0) is 17.3. The van der Waals surface area contributed by atoms with E-state index in [0.29, 0.717) is 13.1 Å². The van der Waals surface area contributed by atoms with Crippen molar-refractivity contribution in [2.45, 2.75) is 54.4 Å². The van der Waals surface area contributed by atoms with Crippen LogP contribution in [-0.2, 0) is 9.59 Å². The summed E-state index contributed by atoms with van der Waals surface area (Å²) in [5.41, 5.74) is 2.40. The monoisotopic (exact) mass is 308 g/mol. The van der Waals surface area contributed by atoms with Crippen LogP contribution in [0.2, 0.25) is 0 Å². The van der Waals surface area contributed by atoms with Crippen LogP contribution in [0.1, 0.15) is 54.4 Å². The molecule has 0 aliphatic carbocycles. The zero-order valence-electron chi connectivity index (χ0n) is 15.5. The normalized spacial score (nSPS) is 16.7. The van der Waals surface area contributed by atoms with Gasteiger partial charge in [-0.05, 0) is 31.5 Å². The van der Waals surface area contributed by atoms with E-state index >= 15 is 0 Å². The number of carbonyl (C=O) groups is 2. The van der Waals surface area contributed by atoms with Crippen molar-refractivity contribution in [3.05, 3.63) is 11.3 Å². The lowest BCUT2D eigenvalue weighted by molar-refractivity contribution is -0.134. The Morgan fingerprint density at radius 3 is 2.00 bits per heavy atom. The van der Waals surface area contributed by atoms with Crippen LogP contribution in [-0.4, -0.2) is 48.7 Å². The number of amides is 1. The largest absolute Gasteiger partial charge is 0.315 e. The number of hydrogen-bond acceptors (Lipinski definition) is 3. The van der Waals surface area contributed by atoms with Gasteiger partial charge in [-0.25, -0.2) is 0 Å². The molecule has 0 saturated heterocycles. The second-order valence-corrected chi connectivity index (χ2v) is 8.58. The molecule has 0 bridgehead atoms. The van der Waals surface area contributed by atoms with Crippen LogP contribution in [0.25, 0.3) is 0 Å². The van der Waals surface area contributed by atoms with Gasteiger partial charge in [0.05, 0.1) is 13.0 Å². The first-order chi connectivity index (χ1) is 9.84. The second kappa shape index (κ2) is 6.53. The molecule has 0 aromatic heterocycles. The number of nitrogens with zero attached hydrogens (tertiary/aromatic N) is 2. The molecule has 0 fully saturated rings. The number of Topliss-reactive ketones (excluding diaryl/α,β-unsaturated/α-hetero) is 1. The number of ketones is 1. The van der Waals surface area contributed by atoms with E-state index in [9.17, 15) is 9.59 Å². The van der Waals surface area contributed by atoms with Crippen molar-refractivity contribution in [2.24, 2.45) is 10.8 Å². The maximum absolute atomic E-state index is 12.6. The summed E-state index contributed by atoms with van der Waals surface area (Å²) in [6, 6.07) is 0. The van der Waals surface area contributed by atoms with Crippen LogP contribution in [0.15, 0.2) is 11.3 Å². The molecule has 0 N–H and O–H groups in total. The lowest BCUT2D eigenvalue weighted by atomic mass is 9.78. The molecule has 0 radical (unpaired) electrons. The van der Waals surface area contributed by atoms with E-state index in [1.54, 1.807) is 4.90 Å². The van der Waals surface area contributed by atoms with Crippen molar-refractivity contribution in [2.75, 3.05) is 27.2 Å². The SMILES string of the molecule is CN(C)CC(=O)CC(=O)N1CCC(C(C)(C)C)=C1C(C)(C)C. The molecular weight excluding hydrogens is 276 g/mol. The van der Waals surface area contributed by atoms with Gasteiger partial charge in [-0.3, -0.25) is 9.59 Å². The fourth-order valence-electron chi connectivity index (χ4n) is 3.13. The fourth-order valence-corrected chi connectivity index (χ4v) is 3.13. The molecule has 1 heterocycles. The highest BCUT2D eigenvalue weighted by Crippen LogP contribution is 2.44. The van der Waals surface area contributed by atoms with Crippen molar-refractivity contribution in [3.8, 4) is 0 Å². The van der Waals surface area contributed by atoms with E-state index < -0.39 is 0 Å². The molecule has 1 rings (SSSR count). The zero-order valence-corrected chi connectivity index (χ0v) is 15.5. The smallest absolute Gasteiger partial charge is 0.234 e. The Balaban J connectivity index is 3.02. The molecule has 0 aromatic rings. The van der Waals surface area contributed by atoms with Gasteiger partial charge in [-0.15, -0.1) is 0 Å². The lowest BCUT2D eigenvalue weighted by Crippen LogP contribution is -2.36. The van der Waals surface area contributed by atoms with Crippen LogP contribution in [0, 0.1) is 10.8 Å². The Morgan fingerprint density at radius 1 is 1.05 bits per heavy atom. The first-order valence-corrected chi connectivity index (χ1v) is 8.05. The second-order valence-electron chi connectivity index (χ2n) is 8.58. The summed E-state index contributed by atoms with van der Waals surface area (Å²) in [4.78, 5) is 28.2. The summed E-state index contributed by atoms with van der Waals surface area (Å²) >= 11 is 0. The van der Waals surface area contributed by atoms with E-state index in [0.717, 1.165) is 12.1 Å². The van der Waals surface area contributed by atoms with E-state index in [1.807, 2.05) is 19.0 Å². The molecule has 126 valence electrons. The van der Waals surface area contributed by atoms with Gasteiger partial charge in [0.25, 0.3) is 0 Å². The average Bonchev–Trinajstić information content (AvgIpc) is 2.70. The first kappa shape index (κ1) is 18.9. The van der Waals surface area contributed by atoms with Gasteiger partial charge in [0, 0.05) is 17.7 Å². The van der Waals surface area contributed by atoms with Gasteiger partial charge in [-0.2, -0.15) is 0 Å². The van der Waals surface area contributed by atoms with Crippen LogP contribution in [0.5, 0.6) is 0 Å². The van der Waals surface area contributed by atoms with Crippen molar-refractivity contribution < 1.29 is 9.59 Å². The molecule has 0 aromatic carbocycles. The summed E-state index contributed by atoms with van der Waals surface area (Å²) in [6.07, 6.45) is 0.902. The molecule has 1 amide bonds. The third kappa shape index (κ3) is 4.67. The van der Waals surface area contributed by atoms with E-state index in [4.69, 9.17) is 0 Å². The maximum Gasteiger partial charge on any atom is 0.234 e. The summed E-state index contributed by atoms with van der Waals surface area (Å²) in [7, 11) is 3.69. The molecule has 0 atom stereocenters. The minimum Gasteiger partial charge on any atom is -0.315 e. The Bertz CT molecular complexity index is 476. The minimum absolute atomic E-state index is 0.00478. The molecular formula is C18H32N2O2. The summed E-state index contributed by atoms with van der Waals surface area (Å²) in [5.74, 6) is -0.0801. The first-order valence-electron chi connectivity index (χ1n) is 8.05. The third-order valence-electron chi connectivity index (χ3n) is 3.90. The number of rotatable bonds is 4. The summed E-state index contributed by atoms with van der Waals surface area (Å²) in [5, 5.41) is 0. The van der Waals surface area contributed by atoms with Crippen LogP contribution in [0.3, 0.4) is 0 Å². The van der Waals surface area contributed by atoms with Crippen molar-refractivity contribution in [1.82, 2.24) is 9.80 Å². The molecule has 1 aliphatic rings. The van der Waals surface area contributed by atoms with Gasteiger partial charge in [0.2, 0.25) is 5.91 Å². The number of hydrogen-bond donors (Lipinski definition) is 0. The van der Waals surface area contributed by atoms with Gasteiger partial charge in [0.1, 0.15) is 0 Å². The molecule has 22 heavy (non-hydrogen) atoms. The molecule has 0 saturated carbocycles. The molecule has 0 unspecified atom stereocenters. The summed E-state index contributed by atoms with van der Waals surface area (Å²) in [6.45, 7) is 14.0. The molecule has 1 aliphatic heterocycles. The van der Waals surface area contributed by atoms with Gasteiger partial charge < -0.3 is 9.80 Å². The van der Waals surface area contributed by atoms with Crippen LogP contribution < -0.4 is 0 Å². The minimum atomic E-state index is -0.0978. The Morgan fingerprint density at radius 2 is 1.59 bits per heavy atom. The Hall–Kier alpha value is -1.16. The average molecular weight is 308 g/mol. The van der Waals surface area contributed by atoms with Gasteiger partial charge >= 0.3 is 0 Å². The lowest BCUT2D eigenvalue weighted by Gasteiger charge is -2.33. The van der Waals surface area contributed by atoms with E-state index in [2.05, 4.69) is 41.5 Å². The van der Waals surface area contributed by atoms with Crippen molar-refractivity contribution in [3.63, 3.8) is 0 Å². The quantitative estimate of drug-likeness (QED) is 0.749. The van der Waals surface area contributed by atoms with Crippen LogP contribution >= 0.6 is 0 Å². The predicted octanol–water partition coefficient (Wildman–Crippen LogP) is 3.09. The number of likely N-dealkylation sites (N-methyl/N-ethyl adjacent to an activating group) is 1. The Labute approximate surface area is 135 Å². The topological polar surface area (TPSA) is 40.6 Å². The highest BCUT2D eigenvalue weighted by atomic mass is 16.2. The molecule has 0 spiro atoms. The van der Waals surface area contributed by atoms with Gasteiger partial charge in [0.15, 0.2) is 5.78 Å². The third-order valence-corrected chi connectivity index (χ3v) is 3.90. The summed E-state index contributed by atoms with van der Waals surface area (Å²) < 4.78 is 0. The molecule has 4 heteroatoms. The fraction of sp³-hybridized carbons (Fsp3) is 0.778. The highest BCUT2D eigenvalue weighted by molar-refractivity contribution is 5.99. The predicted molar refractivity (Wildman–Crippen MR) is 90.4 cm³/mol. The number of carbonyl (C=O) groups excluding carboxylic acids is 2. The van der Waals surface area contributed by atoms with E-state index in [-0.39, 0.29) is 28.9 Å². The Kier molecular flexibility index (Phi) is 5.61. The van der Waals surface area contributed by atoms with E-state index in [1.165, 1.54) is 5.57 Å². The highest BCUT2D eigenvalue weighted by Gasteiger charge is 2.38. The van der Waals surface area contributed by atoms with Crippen LogP contribution in [0.4, 0.5) is 0 Å². The van der Waals surface area contributed by atoms with Crippen molar-refractivity contribution in [1.29, 1.82) is 0 Å². The number of allylic oxidation sites excluding steroid dienone is 1. The molecule has 4 nitrogen and oxygen atoms in total. The van der Waals surface area contributed by atoms with Gasteiger partial charge in [-0.1, -0.05) is 41.5 Å². The maximum atomic E-state index is 12.6. The van der Waals surface area contributed by atoms with Crippen molar-refractivity contribution >= 4 is 11.7 Å².